The second-order valence-electron chi connectivity index (χ2n) is 8.56. The van der Waals surface area contributed by atoms with Crippen molar-refractivity contribution < 1.29 is 4.52 Å². The van der Waals surface area contributed by atoms with Crippen LogP contribution < -0.4 is 10.5 Å². The van der Waals surface area contributed by atoms with E-state index < -0.39 is 0 Å². The molecule has 0 radical (unpaired) electrons. The number of piperidine rings is 1. The van der Waals surface area contributed by atoms with Gasteiger partial charge in [0.15, 0.2) is 11.6 Å². The van der Waals surface area contributed by atoms with E-state index in [1.54, 1.807) is 12.3 Å². The van der Waals surface area contributed by atoms with Crippen LogP contribution in [0.1, 0.15) is 41.6 Å². The first-order valence-electron chi connectivity index (χ1n) is 10.4. The number of aromatic nitrogens is 4. The molecule has 1 aliphatic carbocycles. The van der Waals surface area contributed by atoms with Gasteiger partial charge in [0, 0.05) is 36.8 Å². The van der Waals surface area contributed by atoms with Crippen LogP contribution in [0.25, 0.3) is 0 Å². The van der Waals surface area contributed by atoms with Crippen LogP contribution in [0.5, 0.6) is 0 Å². The zero-order valence-electron chi connectivity index (χ0n) is 17.1. The van der Waals surface area contributed by atoms with Crippen LogP contribution >= 0.6 is 11.6 Å². The molecule has 0 spiro atoms. The molecule has 0 amide bonds. The number of nitriles is 1. The predicted octanol–water partition coefficient (Wildman–Crippen LogP) is 2.87. The van der Waals surface area contributed by atoms with E-state index in [1.165, 1.54) is 10.9 Å². The van der Waals surface area contributed by atoms with Crippen molar-refractivity contribution in [1.29, 1.82) is 5.26 Å². The third-order valence-corrected chi connectivity index (χ3v) is 6.96. The van der Waals surface area contributed by atoms with Crippen molar-refractivity contribution in [3.05, 3.63) is 62.7 Å². The Labute approximate surface area is 188 Å². The number of hydrogen-bond donors (Lipinski definition) is 0. The molecule has 1 unspecified atom stereocenters. The van der Waals surface area contributed by atoms with E-state index in [0.29, 0.717) is 45.5 Å². The summed E-state index contributed by atoms with van der Waals surface area (Å²) in [6, 6.07) is 7.63. The summed E-state index contributed by atoms with van der Waals surface area (Å²) in [5.74, 6) is 2.72. The smallest absolute Gasteiger partial charge is 0.259 e. The maximum Gasteiger partial charge on any atom is 0.259 e. The molecule has 4 atom stereocenters. The van der Waals surface area contributed by atoms with Gasteiger partial charge in [0.05, 0.1) is 16.1 Å². The van der Waals surface area contributed by atoms with Crippen molar-refractivity contribution in [1.82, 2.24) is 19.7 Å². The fourth-order valence-corrected chi connectivity index (χ4v) is 5.11. The first-order valence-corrected chi connectivity index (χ1v) is 10.8. The number of hydrogen-bond acceptors (Lipinski definition) is 8. The lowest BCUT2D eigenvalue weighted by Crippen LogP contribution is -2.25. The van der Waals surface area contributed by atoms with Crippen LogP contribution in [0.15, 0.2) is 38.8 Å². The summed E-state index contributed by atoms with van der Waals surface area (Å²) in [7, 11) is 0. The number of anilines is 1. The van der Waals surface area contributed by atoms with Crippen LogP contribution in [0.2, 0.25) is 5.02 Å². The van der Waals surface area contributed by atoms with Gasteiger partial charge in [-0.05, 0) is 30.0 Å². The number of aliphatic imine (C=N–C) groups is 1. The van der Waals surface area contributed by atoms with Crippen molar-refractivity contribution >= 4 is 29.3 Å². The topological polar surface area (TPSA) is 113 Å². The second kappa shape index (κ2) is 7.00. The highest BCUT2D eigenvalue weighted by Gasteiger charge is 2.58. The van der Waals surface area contributed by atoms with Crippen LogP contribution in [0.3, 0.4) is 0 Å². The zero-order chi connectivity index (χ0) is 22.0. The van der Waals surface area contributed by atoms with Gasteiger partial charge in [0.2, 0.25) is 5.89 Å². The standard InChI is InChI=1S/C22H18ClN7O2/c1-11-6-25-20-18(11)22(31)30(10-26-20)9-17-27-21(28-32-17)19-14-7-29(8-15(14)19)13-3-2-12(5-24)16(23)4-13/h2-4,6,10-11,14-15,19H,7-9H2,1H3/t11?,14-,15+,19+. The predicted molar refractivity (Wildman–Crippen MR) is 117 cm³/mol. The Balaban J connectivity index is 1.14. The number of rotatable bonds is 4. The van der Waals surface area contributed by atoms with Gasteiger partial charge in [-0.1, -0.05) is 23.7 Å². The number of benzene rings is 1. The third-order valence-electron chi connectivity index (χ3n) is 6.65. The Morgan fingerprint density at radius 3 is 2.88 bits per heavy atom. The lowest BCUT2D eigenvalue weighted by Gasteiger charge is -2.21. The van der Waals surface area contributed by atoms with E-state index >= 15 is 0 Å². The van der Waals surface area contributed by atoms with Gasteiger partial charge in [-0.2, -0.15) is 10.2 Å². The van der Waals surface area contributed by atoms with Gasteiger partial charge in [-0.25, -0.2) is 9.98 Å². The Morgan fingerprint density at radius 1 is 1.31 bits per heavy atom. The zero-order valence-corrected chi connectivity index (χ0v) is 17.9. The fourth-order valence-electron chi connectivity index (χ4n) is 4.89. The lowest BCUT2D eigenvalue weighted by atomic mass is 10.1. The number of fused-ring (bicyclic) bond motifs is 2. The summed E-state index contributed by atoms with van der Waals surface area (Å²) in [6.07, 6.45) is 3.21. The summed E-state index contributed by atoms with van der Waals surface area (Å²) < 4.78 is 6.94. The molecule has 2 fully saturated rings. The minimum Gasteiger partial charge on any atom is -0.371 e. The molecular formula is C22H18ClN7O2. The average molecular weight is 448 g/mol. The summed E-state index contributed by atoms with van der Waals surface area (Å²) in [5.41, 5.74) is 1.99. The Kier molecular flexibility index (Phi) is 4.20. The molecular weight excluding hydrogens is 430 g/mol. The molecule has 3 aliphatic rings. The average Bonchev–Trinajstić information content (AvgIpc) is 3.21. The van der Waals surface area contributed by atoms with Gasteiger partial charge in [-0.15, -0.1) is 0 Å². The van der Waals surface area contributed by atoms with E-state index in [2.05, 4.69) is 31.1 Å². The summed E-state index contributed by atoms with van der Waals surface area (Å²) in [5, 5.41) is 13.7. The van der Waals surface area contributed by atoms with Crippen LogP contribution in [0.4, 0.5) is 11.5 Å². The van der Waals surface area contributed by atoms with Crippen molar-refractivity contribution in [3.63, 3.8) is 0 Å². The largest absolute Gasteiger partial charge is 0.371 e. The monoisotopic (exact) mass is 447 g/mol. The minimum absolute atomic E-state index is 0.0459. The molecule has 10 heteroatoms. The summed E-state index contributed by atoms with van der Waals surface area (Å²) in [4.78, 5) is 28.0. The lowest BCUT2D eigenvalue weighted by molar-refractivity contribution is 0.363. The molecule has 4 heterocycles. The maximum atomic E-state index is 12.7. The van der Waals surface area contributed by atoms with Crippen molar-refractivity contribution in [2.24, 2.45) is 16.8 Å². The minimum atomic E-state index is -0.125. The van der Waals surface area contributed by atoms with E-state index in [9.17, 15) is 4.79 Å². The summed E-state index contributed by atoms with van der Waals surface area (Å²) >= 11 is 6.18. The Hall–Kier alpha value is -3.51. The molecule has 2 aliphatic heterocycles. The van der Waals surface area contributed by atoms with Crippen LogP contribution in [-0.4, -0.2) is 39.0 Å². The van der Waals surface area contributed by atoms with Crippen LogP contribution in [0, 0.1) is 23.2 Å². The van der Waals surface area contributed by atoms with E-state index in [1.807, 2.05) is 19.1 Å². The van der Waals surface area contributed by atoms with Gasteiger partial charge in [0.1, 0.15) is 18.9 Å². The summed E-state index contributed by atoms with van der Waals surface area (Å²) in [6.45, 7) is 3.88. The van der Waals surface area contributed by atoms with Crippen LogP contribution in [-0.2, 0) is 6.54 Å². The van der Waals surface area contributed by atoms with E-state index in [0.717, 1.165) is 18.8 Å². The molecule has 6 rings (SSSR count). The molecule has 9 nitrogen and oxygen atoms in total. The van der Waals surface area contributed by atoms with Gasteiger partial charge in [0.25, 0.3) is 5.56 Å². The molecule has 0 N–H and O–H groups in total. The highest BCUT2D eigenvalue weighted by Crippen LogP contribution is 2.58. The van der Waals surface area contributed by atoms with Crippen molar-refractivity contribution in [2.75, 3.05) is 18.0 Å². The highest BCUT2D eigenvalue weighted by molar-refractivity contribution is 6.32. The van der Waals surface area contributed by atoms with Crippen molar-refractivity contribution in [2.45, 2.75) is 25.3 Å². The molecule has 3 aromatic rings. The highest BCUT2D eigenvalue weighted by atomic mass is 35.5. The molecule has 32 heavy (non-hydrogen) atoms. The molecule has 160 valence electrons. The molecule has 1 aromatic carbocycles. The first kappa shape index (κ1) is 19.2. The maximum absolute atomic E-state index is 12.7. The fraction of sp³-hybridized carbons (Fsp3) is 0.364. The molecule has 2 aromatic heterocycles. The Morgan fingerprint density at radius 2 is 2.12 bits per heavy atom. The SMILES string of the molecule is CC1C=Nc2ncn(Cc3nc([C@H]4[C@@H]5CN(c6ccc(C#N)c(Cl)c6)C[C@@H]54)no3)c(=O)c21. The van der Waals surface area contributed by atoms with E-state index in [4.69, 9.17) is 21.4 Å². The number of halogens is 1. The Bertz CT molecular complexity index is 1360. The molecule has 1 saturated heterocycles. The first-order chi connectivity index (χ1) is 15.5. The van der Waals surface area contributed by atoms with Gasteiger partial charge >= 0.3 is 0 Å². The number of nitrogens with zero attached hydrogens (tertiary/aromatic N) is 7. The van der Waals surface area contributed by atoms with E-state index in [-0.39, 0.29) is 23.9 Å². The second-order valence-corrected chi connectivity index (χ2v) is 8.97. The molecule has 1 saturated carbocycles. The third kappa shape index (κ3) is 2.94. The molecule has 0 bridgehead atoms. The van der Waals surface area contributed by atoms with Gasteiger partial charge < -0.3 is 9.42 Å². The quantitative estimate of drug-likeness (QED) is 0.604. The normalized spacial score (nSPS) is 25.0. The van der Waals surface area contributed by atoms with Gasteiger partial charge in [-0.3, -0.25) is 9.36 Å². The van der Waals surface area contributed by atoms with Crippen molar-refractivity contribution in [3.8, 4) is 6.07 Å².